The third-order valence-electron chi connectivity index (χ3n) is 8.13. The van der Waals surface area contributed by atoms with E-state index < -0.39 is 0 Å². The number of hydrogen-bond acceptors (Lipinski definition) is 3. The molecule has 44 heavy (non-hydrogen) atoms. The van der Waals surface area contributed by atoms with Crippen molar-refractivity contribution in [2.24, 2.45) is 0 Å². The quantitative estimate of drug-likeness (QED) is 0.206. The molecule has 3 nitrogen and oxygen atoms in total. The van der Waals surface area contributed by atoms with Crippen LogP contribution in [0.15, 0.2) is 152 Å². The van der Waals surface area contributed by atoms with E-state index in [-0.39, 0.29) is 24.2 Å². The molecule has 4 heteroatoms. The minimum Gasteiger partial charge on any atom is -0.308 e. The molecule has 0 N–H and O–H groups in total. The summed E-state index contributed by atoms with van der Waals surface area (Å²) in [7, 11) is 0. The average Bonchev–Trinajstić information content (AvgIpc) is 3.65. The predicted octanol–water partition coefficient (Wildman–Crippen LogP) is 10.9. The van der Waals surface area contributed by atoms with E-state index in [1.165, 1.54) is 12.1 Å². The van der Waals surface area contributed by atoms with E-state index in [0.29, 0.717) is 27.6 Å². The molecule has 9 rings (SSSR count). The molecule has 0 bridgehead atoms. The van der Waals surface area contributed by atoms with Gasteiger partial charge in [0.25, 0.3) is 0 Å². The molecule has 9 aromatic rings. The van der Waals surface area contributed by atoms with Gasteiger partial charge in [-0.15, -0.1) is 11.3 Å². The largest absolute Gasteiger partial charge is 0.308 e. The molecule has 0 aliphatic carbocycles. The molecule has 0 saturated carbocycles. The van der Waals surface area contributed by atoms with Crippen LogP contribution in [0.1, 0.15) is 5.48 Å². The number of nitrogens with zero attached hydrogens (tertiary/aromatic N) is 3. The maximum absolute atomic E-state index is 8.94. The zero-order chi connectivity index (χ0) is 32.5. The first-order valence-corrected chi connectivity index (χ1v) is 15.2. The Labute approximate surface area is 264 Å². The van der Waals surface area contributed by atoms with Crippen molar-refractivity contribution in [3.05, 3.63) is 152 Å². The van der Waals surface area contributed by atoms with Gasteiger partial charge in [-0.05, 0) is 30.3 Å². The molecule has 6 aromatic carbocycles. The summed E-state index contributed by atoms with van der Waals surface area (Å²) in [5, 5.41) is 3.53. The Bertz CT molecular complexity index is 2600. The maximum Gasteiger partial charge on any atom is 0.160 e. The Balaban J connectivity index is 1.34. The van der Waals surface area contributed by atoms with Gasteiger partial charge in [-0.1, -0.05) is 121 Å². The van der Waals surface area contributed by atoms with E-state index in [1.807, 2.05) is 65.2 Å². The van der Waals surface area contributed by atoms with E-state index in [4.69, 9.17) is 15.5 Å². The molecular weight excluding hydrogens is 555 g/mol. The molecule has 3 aromatic heterocycles. The van der Waals surface area contributed by atoms with Crippen LogP contribution in [0.2, 0.25) is 0 Å². The Morgan fingerprint density at radius 3 is 1.95 bits per heavy atom. The van der Waals surface area contributed by atoms with Crippen molar-refractivity contribution in [1.82, 2.24) is 14.5 Å². The van der Waals surface area contributed by atoms with Gasteiger partial charge < -0.3 is 4.57 Å². The second kappa shape index (κ2) is 10.0. The summed E-state index contributed by atoms with van der Waals surface area (Å²) < 4.78 is 38.6. The monoisotopic (exact) mass is 583 g/mol. The number of benzene rings is 6. The average molecular weight is 584 g/mol. The van der Waals surface area contributed by atoms with Gasteiger partial charge in [-0.25, -0.2) is 9.97 Å². The van der Waals surface area contributed by atoms with Gasteiger partial charge >= 0.3 is 0 Å². The van der Waals surface area contributed by atoms with Crippen molar-refractivity contribution >= 4 is 53.3 Å². The highest BCUT2D eigenvalue weighted by atomic mass is 32.1. The highest BCUT2D eigenvalue weighted by molar-refractivity contribution is 7.26. The topological polar surface area (TPSA) is 30.7 Å². The van der Waals surface area contributed by atoms with E-state index in [0.717, 1.165) is 53.9 Å². The zero-order valence-electron chi connectivity index (χ0n) is 27.4. The van der Waals surface area contributed by atoms with E-state index in [2.05, 4.69) is 42.5 Å². The molecule has 3 heterocycles. The first kappa shape index (κ1) is 21.2. The molecular formula is C40H25N3S. The number of hydrogen-bond donors (Lipinski definition) is 0. The fourth-order valence-electron chi connectivity index (χ4n) is 6.18. The normalized spacial score (nSPS) is 12.9. The van der Waals surface area contributed by atoms with Crippen molar-refractivity contribution in [2.75, 3.05) is 0 Å². The molecule has 0 aliphatic rings. The number of fused-ring (bicyclic) bond motifs is 6. The Morgan fingerprint density at radius 2 is 1.23 bits per heavy atom. The summed E-state index contributed by atoms with van der Waals surface area (Å²) in [5.41, 5.74) is 6.72. The predicted molar refractivity (Wildman–Crippen MR) is 186 cm³/mol. The van der Waals surface area contributed by atoms with Crippen LogP contribution in [-0.4, -0.2) is 14.5 Å². The van der Waals surface area contributed by atoms with Crippen molar-refractivity contribution < 1.29 is 5.48 Å². The van der Waals surface area contributed by atoms with E-state index >= 15 is 0 Å². The van der Waals surface area contributed by atoms with Crippen LogP contribution in [0, 0.1) is 0 Å². The fourth-order valence-corrected chi connectivity index (χ4v) is 7.41. The van der Waals surface area contributed by atoms with Gasteiger partial charge in [0.15, 0.2) is 5.82 Å². The second-order valence-corrected chi connectivity index (χ2v) is 11.7. The first-order valence-electron chi connectivity index (χ1n) is 16.4. The SMILES string of the molecule is [2H]c1cc([2H])c2c(c1)c1cc([2H])cc([2H])c1n2-c1cccc2c1sc1cccc(-c3cc(-c4ccccc4)nc(-c4ccccc4)n3)c12. The molecule has 0 atom stereocenters. The first-order chi connectivity index (χ1) is 23.4. The summed E-state index contributed by atoms with van der Waals surface area (Å²) in [4.78, 5) is 10.1. The van der Waals surface area contributed by atoms with Crippen LogP contribution in [0.4, 0.5) is 0 Å². The summed E-state index contributed by atoms with van der Waals surface area (Å²) in [6, 6.07) is 42.2. The molecule has 0 spiro atoms. The third kappa shape index (κ3) is 3.89. The standard InChI is InChI=1S/C40H25N3S/c1-3-13-26(14-4-1)32-25-33(42-40(41-32)27-15-5-2-6-16-27)30-19-12-24-37-38(30)31-20-11-23-36(39(31)44-37)43-34-21-9-7-17-28(34)29-18-8-10-22-35(29)43/h1-25H/i7D,8D,21D,22D. The highest BCUT2D eigenvalue weighted by Crippen LogP contribution is 2.44. The molecule has 0 fully saturated rings. The van der Waals surface area contributed by atoms with Crippen LogP contribution in [0.3, 0.4) is 0 Å². The van der Waals surface area contributed by atoms with Gasteiger partial charge in [0, 0.05) is 42.9 Å². The molecule has 0 saturated heterocycles. The maximum atomic E-state index is 8.94. The minimum atomic E-state index is 0.210. The van der Waals surface area contributed by atoms with Gasteiger partial charge in [0.05, 0.1) is 38.3 Å². The minimum absolute atomic E-state index is 0.210. The molecule has 0 unspecified atom stereocenters. The number of para-hydroxylation sites is 2. The van der Waals surface area contributed by atoms with E-state index in [1.54, 1.807) is 23.5 Å². The second-order valence-electron chi connectivity index (χ2n) is 10.7. The van der Waals surface area contributed by atoms with Crippen molar-refractivity contribution in [2.45, 2.75) is 0 Å². The third-order valence-corrected chi connectivity index (χ3v) is 9.33. The lowest BCUT2D eigenvalue weighted by Gasteiger charge is -2.11. The number of rotatable bonds is 4. The number of aromatic nitrogens is 3. The van der Waals surface area contributed by atoms with Gasteiger partial charge in [0.2, 0.25) is 0 Å². The lowest BCUT2D eigenvalue weighted by Crippen LogP contribution is -1.96. The Kier molecular flexibility index (Phi) is 4.81. The fraction of sp³-hybridized carbons (Fsp3) is 0. The van der Waals surface area contributed by atoms with Crippen LogP contribution in [0.25, 0.3) is 81.6 Å². The molecule has 0 aliphatic heterocycles. The molecule has 0 amide bonds. The molecule has 206 valence electrons. The molecule has 0 radical (unpaired) electrons. The van der Waals surface area contributed by atoms with Crippen molar-refractivity contribution in [1.29, 1.82) is 0 Å². The summed E-state index contributed by atoms with van der Waals surface area (Å²) >= 11 is 1.67. The lowest BCUT2D eigenvalue weighted by atomic mass is 10.0. The Morgan fingerprint density at radius 1 is 0.568 bits per heavy atom. The lowest BCUT2D eigenvalue weighted by molar-refractivity contribution is 1.19. The summed E-state index contributed by atoms with van der Waals surface area (Å²) in [5.74, 6) is 0.655. The van der Waals surface area contributed by atoms with Gasteiger partial charge in [0.1, 0.15) is 0 Å². The van der Waals surface area contributed by atoms with Crippen LogP contribution < -0.4 is 0 Å². The summed E-state index contributed by atoms with van der Waals surface area (Å²) in [6.45, 7) is 0. The zero-order valence-corrected chi connectivity index (χ0v) is 24.2. The smallest absolute Gasteiger partial charge is 0.160 e. The van der Waals surface area contributed by atoms with Crippen LogP contribution in [-0.2, 0) is 0 Å². The van der Waals surface area contributed by atoms with Gasteiger partial charge in [-0.3, -0.25) is 0 Å². The van der Waals surface area contributed by atoms with Gasteiger partial charge in [-0.2, -0.15) is 0 Å². The van der Waals surface area contributed by atoms with Crippen molar-refractivity contribution in [3.63, 3.8) is 0 Å². The highest BCUT2D eigenvalue weighted by Gasteiger charge is 2.19. The van der Waals surface area contributed by atoms with E-state index in [9.17, 15) is 0 Å². The van der Waals surface area contributed by atoms with Crippen LogP contribution in [0.5, 0.6) is 0 Å². The number of thiophene rings is 1. The summed E-state index contributed by atoms with van der Waals surface area (Å²) in [6.07, 6.45) is 0. The van der Waals surface area contributed by atoms with Crippen molar-refractivity contribution in [3.8, 4) is 39.6 Å². The Hall–Kier alpha value is -5.58. The van der Waals surface area contributed by atoms with Crippen LogP contribution >= 0.6 is 11.3 Å².